The molecule has 0 aliphatic carbocycles. The Hall–Kier alpha value is -3.25. The van der Waals surface area contributed by atoms with Crippen LogP contribution in [0.25, 0.3) is 0 Å². The predicted octanol–water partition coefficient (Wildman–Crippen LogP) is 3.67. The van der Waals surface area contributed by atoms with Crippen LogP contribution >= 0.6 is 0 Å². The molecule has 1 aromatic carbocycles. The summed E-state index contributed by atoms with van der Waals surface area (Å²) in [7, 11) is 0. The first-order valence-corrected chi connectivity index (χ1v) is 6.67. The Morgan fingerprint density at radius 3 is 2.42 bits per heavy atom. The fraction of sp³-hybridized carbons (Fsp3) is 0.231. The Morgan fingerprint density at radius 2 is 1.88 bits per heavy atom. The molecule has 0 amide bonds. The van der Waals surface area contributed by atoms with Crippen LogP contribution in [0.2, 0.25) is 0 Å². The van der Waals surface area contributed by atoms with E-state index >= 15 is 0 Å². The zero-order valence-electron chi connectivity index (χ0n) is 12.5. The fourth-order valence-electron chi connectivity index (χ4n) is 1.66. The molecule has 1 N–H and O–H groups in total. The lowest BCUT2D eigenvalue weighted by atomic mass is 10.3. The molecule has 8 nitrogen and oxygen atoms in total. The van der Waals surface area contributed by atoms with E-state index in [1.165, 1.54) is 12.1 Å². The van der Waals surface area contributed by atoms with Crippen LogP contribution in [-0.4, -0.2) is 34.3 Å². The van der Waals surface area contributed by atoms with Crippen LogP contribution in [0, 0.1) is 10.1 Å². The van der Waals surface area contributed by atoms with Gasteiger partial charge in [0.05, 0.1) is 4.92 Å². The van der Waals surface area contributed by atoms with Gasteiger partial charge in [0, 0.05) is 5.69 Å². The quantitative estimate of drug-likeness (QED) is 0.444. The SMILES string of the molecule is O=[N+]([O-])c1cnc(OCC(F)(F)F)nc1Nc1ccc(OC(F)F)cc1. The molecular weight excluding hydrogens is 371 g/mol. The lowest BCUT2D eigenvalue weighted by molar-refractivity contribution is -0.384. The first-order chi connectivity index (χ1) is 12.1. The van der Waals surface area contributed by atoms with E-state index in [-0.39, 0.29) is 11.4 Å². The number of hydrogen-bond acceptors (Lipinski definition) is 7. The maximum atomic E-state index is 12.2. The standard InChI is InChI=1S/C13H9F5N4O4/c14-11(15)26-8-3-1-7(2-4-8)20-10-9(22(23)24)5-19-12(21-10)25-6-13(16,17)18/h1-5,11H,6H2,(H,19,20,21). The second-order valence-electron chi connectivity index (χ2n) is 4.58. The number of nitro groups is 1. The molecule has 0 radical (unpaired) electrons. The van der Waals surface area contributed by atoms with E-state index in [9.17, 15) is 32.1 Å². The Kier molecular flexibility index (Phi) is 5.69. The van der Waals surface area contributed by atoms with Crippen molar-refractivity contribution < 1.29 is 36.3 Å². The number of nitrogens with zero attached hydrogens (tertiary/aromatic N) is 3. The van der Waals surface area contributed by atoms with Gasteiger partial charge >= 0.3 is 24.5 Å². The molecule has 26 heavy (non-hydrogen) atoms. The molecule has 2 rings (SSSR count). The van der Waals surface area contributed by atoms with Gasteiger partial charge in [-0.05, 0) is 24.3 Å². The number of halogens is 5. The van der Waals surface area contributed by atoms with E-state index in [4.69, 9.17) is 0 Å². The number of benzene rings is 1. The zero-order valence-corrected chi connectivity index (χ0v) is 12.5. The van der Waals surface area contributed by atoms with E-state index < -0.39 is 41.8 Å². The number of aromatic nitrogens is 2. The van der Waals surface area contributed by atoms with Gasteiger partial charge in [-0.3, -0.25) is 10.1 Å². The van der Waals surface area contributed by atoms with Crippen molar-refractivity contribution in [1.29, 1.82) is 0 Å². The Labute approximate surface area is 141 Å². The van der Waals surface area contributed by atoms with Crippen molar-refractivity contribution in [2.75, 3.05) is 11.9 Å². The van der Waals surface area contributed by atoms with Crippen LogP contribution in [0.15, 0.2) is 30.5 Å². The van der Waals surface area contributed by atoms with E-state index in [2.05, 4.69) is 24.8 Å². The Morgan fingerprint density at radius 1 is 1.23 bits per heavy atom. The molecule has 0 aliphatic rings. The third-order valence-corrected chi connectivity index (χ3v) is 2.65. The molecule has 1 heterocycles. The highest BCUT2D eigenvalue weighted by Gasteiger charge is 2.29. The second-order valence-corrected chi connectivity index (χ2v) is 4.58. The minimum absolute atomic E-state index is 0.156. The number of nitrogens with one attached hydrogen (secondary N) is 1. The molecule has 0 bridgehead atoms. The Balaban J connectivity index is 2.21. The van der Waals surface area contributed by atoms with Crippen LogP contribution in [0.3, 0.4) is 0 Å². The zero-order chi connectivity index (χ0) is 19.3. The second kappa shape index (κ2) is 7.76. The third-order valence-electron chi connectivity index (χ3n) is 2.65. The average molecular weight is 380 g/mol. The minimum atomic E-state index is -4.64. The van der Waals surface area contributed by atoms with Gasteiger partial charge in [0.1, 0.15) is 11.9 Å². The van der Waals surface area contributed by atoms with Crippen LogP contribution in [0.4, 0.5) is 39.1 Å². The summed E-state index contributed by atoms with van der Waals surface area (Å²) in [6.07, 6.45) is -3.96. The minimum Gasteiger partial charge on any atom is -0.454 e. The van der Waals surface area contributed by atoms with Crippen LogP contribution in [0.5, 0.6) is 11.8 Å². The maximum Gasteiger partial charge on any atom is 0.422 e. The summed E-state index contributed by atoms with van der Waals surface area (Å²) in [5.41, 5.74) is -0.451. The number of anilines is 2. The molecule has 0 spiro atoms. The van der Waals surface area contributed by atoms with Gasteiger partial charge in [-0.2, -0.15) is 31.9 Å². The number of rotatable bonds is 7. The summed E-state index contributed by atoms with van der Waals surface area (Å²) in [6, 6.07) is 4.08. The molecule has 0 saturated carbocycles. The first kappa shape index (κ1) is 19.1. The Bertz CT molecular complexity index is 770. The van der Waals surface area contributed by atoms with Gasteiger partial charge in [0.15, 0.2) is 6.61 Å². The highest BCUT2D eigenvalue weighted by molar-refractivity contribution is 5.65. The molecule has 0 unspecified atom stereocenters. The van der Waals surface area contributed by atoms with Gasteiger partial charge in [0.25, 0.3) is 0 Å². The number of alkyl halides is 5. The summed E-state index contributed by atoms with van der Waals surface area (Å²) in [6.45, 7) is -4.70. The summed E-state index contributed by atoms with van der Waals surface area (Å²) < 4.78 is 69.1. The maximum absolute atomic E-state index is 12.2. The van der Waals surface area contributed by atoms with Gasteiger partial charge in [-0.15, -0.1) is 0 Å². The molecule has 0 saturated heterocycles. The van der Waals surface area contributed by atoms with E-state index in [1.807, 2.05) is 0 Å². The summed E-state index contributed by atoms with van der Waals surface area (Å²) in [5, 5.41) is 13.5. The first-order valence-electron chi connectivity index (χ1n) is 6.67. The number of ether oxygens (including phenoxy) is 2. The molecule has 140 valence electrons. The average Bonchev–Trinajstić information content (AvgIpc) is 2.53. The van der Waals surface area contributed by atoms with Gasteiger partial charge in [-0.25, -0.2) is 0 Å². The summed E-state index contributed by atoms with van der Waals surface area (Å²) >= 11 is 0. The summed E-state index contributed by atoms with van der Waals surface area (Å²) in [4.78, 5) is 17.0. The van der Waals surface area contributed by atoms with Crippen molar-refractivity contribution >= 4 is 17.2 Å². The molecule has 0 fully saturated rings. The highest BCUT2D eigenvalue weighted by Crippen LogP contribution is 2.28. The molecule has 13 heteroatoms. The fourth-order valence-corrected chi connectivity index (χ4v) is 1.66. The van der Waals surface area contributed by atoms with E-state index in [0.29, 0.717) is 6.20 Å². The normalized spacial score (nSPS) is 11.3. The molecule has 0 atom stereocenters. The molecule has 1 aromatic heterocycles. The van der Waals surface area contributed by atoms with Gasteiger partial charge < -0.3 is 14.8 Å². The molecule has 2 aromatic rings. The van der Waals surface area contributed by atoms with Crippen LogP contribution in [0.1, 0.15) is 0 Å². The van der Waals surface area contributed by atoms with E-state index in [0.717, 1.165) is 12.1 Å². The van der Waals surface area contributed by atoms with Crippen molar-refractivity contribution in [3.63, 3.8) is 0 Å². The van der Waals surface area contributed by atoms with Crippen molar-refractivity contribution in [3.05, 3.63) is 40.6 Å². The summed E-state index contributed by atoms with van der Waals surface area (Å²) in [5.74, 6) is -0.596. The topological polar surface area (TPSA) is 99.4 Å². The highest BCUT2D eigenvalue weighted by atomic mass is 19.4. The van der Waals surface area contributed by atoms with Gasteiger partial charge in [-0.1, -0.05) is 0 Å². The van der Waals surface area contributed by atoms with Gasteiger partial charge in [0.2, 0.25) is 5.82 Å². The monoisotopic (exact) mass is 380 g/mol. The predicted molar refractivity (Wildman–Crippen MR) is 76.6 cm³/mol. The lowest BCUT2D eigenvalue weighted by Crippen LogP contribution is -2.20. The van der Waals surface area contributed by atoms with E-state index in [1.54, 1.807) is 0 Å². The van der Waals surface area contributed by atoms with Crippen molar-refractivity contribution in [2.45, 2.75) is 12.8 Å². The van der Waals surface area contributed by atoms with Crippen LogP contribution in [-0.2, 0) is 0 Å². The lowest BCUT2D eigenvalue weighted by Gasteiger charge is -2.10. The number of hydrogen-bond donors (Lipinski definition) is 1. The van der Waals surface area contributed by atoms with Crippen molar-refractivity contribution in [1.82, 2.24) is 9.97 Å². The molecular formula is C13H9F5N4O4. The van der Waals surface area contributed by atoms with Crippen molar-refractivity contribution in [3.8, 4) is 11.8 Å². The van der Waals surface area contributed by atoms with Crippen LogP contribution < -0.4 is 14.8 Å². The molecule has 0 aliphatic heterocycles. The third kappa shape index (κ3) is 5.68. The largest absolute Gasteiger partial charge is 0.454 e. The van der Waals surface area contributed by atoms with Crippen molar-refractivity contribution in [2.24, 2.45) is 0 Å². The smallest absolute Gasteiger partial charge is 0.422 e.